The third kappa shape index (κ3) is 5.23. The fraction of sp³-hybridized carbons (Fsp3) is 0.682. The third-order valence-electron chi connectivity index (χ3n) is 5.74. The highest BCUT2D eigenvalue weighted by molar-refractivity contribution is 5.77. The van der Waals surface area contributed by atoms with Crippen molar-refractivity contribution in [3.8, 4) is 5.75 Å². The summed E-state index contributed by atoms with van der Waals surface area (Å²) in [6, 6.07) is 6.26. The first-order chi connectivity index (χ1) is 12.2. The predicted molar refractivity (Wildman–Crippen MR) is 108 cm³/mol. The Balaban J connectivity index is 1.98. The molecule has 1 aromatic rings. The largest absolute Gasteiger partial charge is 0.496 e. The van der Waals surface area contributed by atoms with Crippen LogP contribution >= 0.6 is 0 Å². The van der Waals surface area contributed by atoms with Gasteiger partial charge in [-0.3, -0.25) is 9.69 Å². The van der Waals surface area contributed by atoms with Gasteiger partial charge in [0.25, 0.3) is 0 Å². The molecule has 1 heterocycles. The van der Waals surface area contributed by atoms with Crippen molar-refractivity contribution in [2.45, 2.75) is 65.3 Å². The van der Waals surface area contributed by atoms with Crippen LogP contribution in [0.1, 0.15) is 64.0 Å². The van der Waals surface area contributed by atoms with Crippen molar-refractivity contribution in [2.75, 3.05) is 26.7 Å². The number of ether oxygens (including phenoxy) is 1. The molecule has 146 valence electrons. The van der Waals surface area contributed by atoms with Crippen LogP contribution in [0.4, 0.5) is 0 Å². The Morgan fingerprint density at radius 2 is 1.92 bits per heavy atom. The van der Waals surface area contributed by atoms with E-state index in [1.807, 2.05) is 6.07 Å². The SMILES string of the molecule is COc1ccc(C(CC(=O)NCC(C)(C)N2CCCC2)C(C)C)cc1C. The number of hydrogen-bond donors (Lipinski definition) is 1. The van der Waals surface area contributed by atoms with Crippen LogP contribution in [0.15, 0.2) is 18.2 Å². The number of nitrogens with one attached hydrogen (secondary N) is 1. The number of hydrogen-bond acceptors (Lipinski definition) is 3. The molecule has 0 bridgehead atoms. The third-order valence-corrected chi connectivity index (χ3v) is 5.74. The van der Waals surface area contributed by atoms with Gasteiger partial charge in [0, 0.05) is 18.5 Å². The van der Waals surface area contributed by atoms with Gasteiger partial charge in [0.1, 0.15) is 5.75 Å². The highest BCUT2D eigenvalue weighted by Crippen LogP contribution is 2.31. The molecule has 0 radical (unpaired) electrons. The Morgan fingerprint density at radius 3 is 2.46 bits per heavy atom. The van der Waals surface area contributed by atoms with Gasteiger partial charge >= 0.3 is 0 Å². The summed E-state index contributed by atoms with van der Waals surface area (Å²) in [5.74, 6) is 1.66. The molecule has 26 heavy (non-hydrogen) atoms. The number of nitrogens with zero attached hydrogens (tertiary/aromatic N) is 1. The summed E-state index contributed by atoms with van der Waals surface area (Å²) < 4.78 is 5.36. The molecule has 1 aliphatic rings. The van der Waals surface area contributed by atoms with Gasteiger partial charge < -0.3 is 10.1 Å². The number of methoxy groups -OCH3 is 1. The highest BCUT2D eigenvalue weighted by atomic mass is 16.5. The summed E-state index contributed by atoms with van der Waals surface area (Å²) in [5.41, 5.74) is 2.36. The van der Waals surface area contributed by atoms with Gasteiger partial charge in [-0.05, 0) is 75.7 Å². The van der Waals surface area contributed by atoms with E-state index in [2.05, 4.69) is 57.0 Å². The maximum Gasteiger partial charge on any atom is 0.220 e. The second-order valence-electron chi connectivity index (χ2n) is 8.57. The monoisotopic (exact) mass is 360 g/mol. The molecule has 1 atom stereocenters. The fourth-order valence-corrected chi connectivity index (χ4v) is 3.89. The number of likely N-dealkylation sites (tertiary alicyclic amines) is 1. The Kier molecular flexibility index (Phi) is 7.10. The van der Waals surface area contributed by atoms with Gasteiger partial charge in [-0.2, -0.15) is 0 Å². The van der Waals surface area contributed by atoms with Crippen molar-refractivity contribution in [1.29, 1.82) is 0 Å². The first kappa shape index (κ1) is 20.8. The van der Waals surface area contributed by atoms with E-state index < -0.39 is 0 Å². The lowest BCUT2D eigenvalue weighted by molar-refractivity contribution is -0.122. The molecule has 1 unspecified atom stereocenters. The molecule has 1 aliphatic heterocycles. The van der Waals surface area contributed by atoms with Gasteiger partial charge in [0.05, 0.1) is 7.11 Å². The standard InChI is InChI=1S/C22H36N2O2/c1-16(2)19(18-9-10-20(26-6)17(3)13-18)14-21(25)23-15-22(4,5)24-11-7-8-12-24/h9-10,13,16,19H,7-8,11-12,14-15H2,1-6H3,(H,23,25). The number of carbonyl (C=O) groups excluding carboxylic acids is 1. The van der Waals surface area contributed by atoms with Crippen molar-refractivity contribution in [2.24, 2.45) is 5.92 Å². The van der Waals surface area contributed by atoms with E-state index in [1.165, 1.54) is 18.4 Å². The van der Waals surface area contributed by atoms with Crippen molar-refractivity contribution in [3.05, 3.63) is 29.3 Å². The topological polar surface area (TPSA) is 41.6 Å². The minimum absolute atomic E-state index is 0.0240. The Hall–Kier alpha value is -1.55. The van der Waals surface area contributed by atoms with Crippen LogP contribution < -0.4 is 10.1 Å². The van der Waals surface area contributed by atoms with Crippen molar-refractivity contribution in [3.63, 3.8) is 0 Å². The number of aryl methyl sites for hydroxylation is 1. The molecule has 4 nitrogen and oxygen atoms in total. The van der Waals surface area contributed by atoms with Gasteiger partial charge in [0.2, 0.25) is 5.91 Å². The lowest BCUT2D eigenvalue weighted by Gasteiger charge is -2.35. The molecule has 0 aliphatic carbocycles. The Labute approximate surface area is 159 Å². The van der Waals surface area contributed by atoms with E-state index in [-0.39, 0.29) is 17.4 Å². The highest BCUT2D eigenvalue weighted by Gasteiger charge is 2.29. The lowest BCUT2D eigenvalue weighted by atomic mass is 9.84. The zero-order valence-electron chi connectivity index (χ0n) is 17.4. The molecular weight excluding hydrogens is 324 g/mol. The maximum atomic E-state index is 12.6. The van der Waals surface area contributed by atoms with Crippen LogP contribution in [0.25, 0.3) is 0 Å². The van der Waals surface area contributed by atoms with Crippen LogP contribution in [0, 0.1) is 12.8 Å². The van der Waals surface area contributed by atoms with Crippen LogP contribution in [0.5, 0.6) is 5.75 Å². The van der Waals surface area contributed by atoms with Crippen LogP contribution in [0.3, 0.4) is 0 Å². The number of carbonyl (C=O) groups is 1. The van der Waals surface area contributed by atoms with E-state index >= 15 is 0 Å². The van der Waals surface area contributed by atoms with Crippen molar-refractivity contribution >= 4 is 5.91 Å². The van der Waals surface area contributed by atoms with Crippen LogP contribution in [-0.2, 0) is 4.79 Å². The number of benzene rings is 1. The molecule has 1 saturated heterocycles. The minimum Gasteiger partial charge on any atom is -0.496 e. The summed E-state index contributed by atoms with van der Waals surface area (Å²) in [7, 11) is 1.69. The number of rotatable bonds is 8. The Bertz CT molecular complexity index is 604. The fourth-order valence-electron chi connectivity index (χ4n) is 3.89. The number of amides is 1. The van der Waals surface area contributed by atoms with E-state index in [1.54, 1.807) is 7.11 Å². The smallest absolute Gasteiger partial charge is 0.220 e. The first-order valence-corrected chi connectivity index (χ1v) is 9.91. The van der Waals surface area contributed by atoms with E-state index in [0.717, 1.165) is 24.4 Å². The summed E-state index contributed by atoms with van der Waals surface area (Å²) in [5, 5.41) is 3.19. The average molecular weight is 361 g/mol. The molecule has 0 saturated carbocycles. The van der Waals surface area contributed by atoms with Crippen LogP contribution in [0.2, 0.25) is 0 Å². The summed E-state index contributed by atoms with van der Waals surface area (Å²) in [6.45, 7) is 13.9. The van der Waals surface area contributed by atoms with Crippen molar-refractivity contribution in [1.82, 2.24) is 10.2 Å². The van der Waals surface area contributed by atoms with E-state index in [4.69, 9.17) is 4.74 Å². The Morgan fingerprint density at radius 1 is 1.27 bits per heavy atom. The zero-order valence-corrected chi connectivity index (χ0v) is 17.4. The molecule has 1 amide bonds. The molecule has 4 heteroatoms. The summed E-state index contributed by atoms with van der Waals surface area (Å²) in [4.78, 5) is 15.1. The van der Waals surface area contributed by atoms with Crippen molar-refractivity contribution < 1.29 is 9.53 Å². The normalized spacial score (nSPS) is 16.7. The predicted octanol–water partition coefficient (Wildman–Crippen LogP) is 4.12. The molecule has 1 N–H and O–H groups in total. The minimum atomic E-state index is 0.0240. The maximum absolute atomic E-state index is 12.6. The molecule has 0 spiro atoms. The second-order valence-corrected chi connectivity index (χ2v) is 8.57. The van der Waals surface area contributed by atoms with Gasteiger partial charge in [-0.25, -0.2) is 0 Å². The summed E-state index contributed by atoms with van der Waals surface area (Å²) in [6.07, 6.45) is 3.06. The molecule has 1 aromatic carbocycles. The van der Waals surface area contributed by atoms with Gasteiger partial charge in [0.15, 0.2) is 0 Å². The van der Waals surface area contributed by atoms with E-state index in [9.17, 15) is 4.79 Å². The van der Waals surface area contributed by atoms with Gasteiger partial charge in [-0.15, -0.1) is 0 Å². The average Bonchev–Trinajstić information content (AvgIpc) is 3.13. The second kappa shape index (κ2) is 8.90. The molecule has 0 aromatic heterocycles. The first-order valence-electron chi connectivity index (χ1n) is 9.91. The summed E-state index contributed by atoms with van der Waals surface area (Å²) >= 11 is 0. The molecule has 1 fully saturated rings. The van der Waals surface area contributed by atoms with Crippen LogP contribution in [-0.4, -0.2) is 43.1 Å². The van der Waals surface area contributed by atoms with E-state index in [0.29, 0.717) is 18.9 Å². The molecular formula is C22H36N2O2. The zero-order chi connectivity index (χ0) is 19.3. The quantitative estimate of drug-likeness (QED) is 0.758. The lowest BCUT2D eigenvalue weighted by Crippen LogP contribution is -2.50. The van der Waals surface area contributed by atoms with Gasteiger partial charge in [-0.1, -0.05) is 26.0 Å². The molecule has 2 rings (SSSR count).